The Kier molecular flexibility index (Phi) is 6.69. The Morgan fingerprint density at radius 2 is 2.05 bits per heavy atom. The Balaban J connectivity index is 2.63. The van der Waals surface area contributed by atoms with E-state index < -0.39 is 5.97 Å². The van der Waals surface area contributed by atoms with Crippen LogP contribution in [0.5, 0.6) is 11.5 Å². The molecule has 0 aliphatic rings. The smallest absolute Gasteiger partial charge is 0.330 e. The van der Waals surface area contributed by atoms with Gasteiger partial charge in [0.1, 0.15) is 6.61 Å². The number of nitrogens with zero attached hydrogens (tertiary/aromatic N) is 1. The number of rotatable bonds is 7. The zero-order chi connectivity index (χ0) is 14.8. The van der Waals surface area contributed by atoms with E-state index in [0.717, 1.165) is 0 Å². The van der Waals surface area contributed by atoms with Gasteiger partial charge in [-0.25, -0.2) is 4.79 Å². The summed E-state index contributed by atoms with van der Waals surface area (Å²) in [5.41, 5.74) is 0.503. The van der Waals surface area contributed by atoms with Gasteiger partial charge in [-0.2, -0.15) is 5.26 Å². The van der Waals surface area contributed by atoms with Crippen LogP contribution < -0.4 is 9.47 Å². The average Bonchev–Trinajstić information content (AvgIpc) is 2.45. The molecule has 1 aromatic rings. The minimum atomic E-state index is -0.402. The number of hydrogen-bond donors (Lipinski definition) is 0. The van der Waals surface area contributed by atoms with E-state index >= 15 is 0 Å². The van der Waals surface area contributed by atoms with Crippen LogP contribution in [0.4, 0.5) is 0 Å². The maximum atomic E-state index is 11.1. The topological polar surface area (TPSA) is 68.5 Å². The van der Waals surface area contributed by atoms with E-state index in [4.69, 9.17) is 19.5 Å². The van der Waals surface area contributed by atoms with Gasteiger partial charge in [-0.15, -0.1) is 0 Å². The molecule has 0 heterocycles. The summed E-state index contributed by atoms with van der Waals surface area (Å²) < 4.78 is 15.6. The van der Waals surface area contributed by atoms with Gasteiger partial charge in [0.25, 0.3) is 0 Å². The lowest BCUT2D eigenvalue weighted by atomic mass is 10.2. The largest absolute Gasteiger partial charge is 0.490 e. The summed E-state index contributed by atoms with van der Waals surface area (Å²) in [4.78, 5) is 11.1. The molecule has 0 unspecified atom stereocenters. The van der Waals surface area contributed by atoms with E-state index in [1.54, 1.807) is 31.2 Å². The molecule has 0 bridgehead atoms. The van der Waals surface area contributed by atoms with E-state index in [2.05, 4.69) is 0 Å². The fourth-order valence-corrected chi connectivity index (χ4v) is 1.44. The van der Waals surface area contributed by atoms with E-state index in [9.17, 15) is 4.79 Å². The summed E-state index contributed by atoms with van der Waals surface area (Å²) in [5.74, 6) is 0.636. The Morgan fingerprint density at radius 3 is 2.70 bits per heavy atom. The van der Waals surface area contributed by atoms with Crippen LogP contribution in [-0.4, -0.2) is 25.8 Å². The molecule has 5 nitrogen and oxygen atoms in total. The molecule has 1 aromatic carbocycles. The maximum absolute atomic E-state index is 11.1. The second kappa shape index (κ2) is 8.59. The van der Waals surface area contributed by atoms with E-state index in [1.807, 2.05) is 13.0 Å². The predicted octanol–water partition coefficient (Wildman–Crippen LogP) is 2.46. The van der Waals surface area contributed by atoms with E-state index in [1.165, 1.54) is 6.08 Å². The van der Waals surface area contributed by atoms with Gasteiger partial charge in [-0.05, 0) is 32.1 Å². The molecule has 0 atom stereocenters. The molecule has 0 radical (unpaired) electrons. The number of ether oxygens (including phenoxy) is 3. The van der Waals surface area contributed by atoms with Crippen molar-refractivity contribution in [1.82, 2.24) is 0 Å². The fraction of sp³-hybridized carbons (Fsp3) is 0.333. The van der Waals surface area contributed by atoms with Crippen LogP contribution in [0.25, 0.3) is 0 Å². The lowest BCUT2D eigenvalue weighted by Gasteiger charge is -2.10. The Hall–Kier alpha value is -2.48. The molecule has 0 saturated carbocycles. The monoisotopic (exact) mass is 275 g/mol. The molecule has 0 aliphatic carbocycles. The van der Waals surface area contributed by atoms with Crippen molar-refractivity contribution in [3.8, 4) is 17.6 Å². The van der Waals surface area contributed by atoms with Crippen molar-refractivity contribution in [3.63, 3.8) is 0 Å². The van der Waals surface area contributed by atoms with Gasteiger partial charge in [0.15, 0.2) is 11.5 Å². The third-order valence-electron chi connectivity index (χ3n) is 2.25. The van der Waals surface area contributed by atoms with Gasteiger partial charge < -0.3 is 14.2 Å². The van der Waals surface area contributed by atoms with Crippen molar-refractivity contribution in [2.24, 2.45) is 0 Å². The van der Waals surface area contributed by atoms with Crippen LogP contribution >= 0.6 is 0 Å². The van der Waals surface area contributed by atoms with Crippen molar-refractivity contribution in [1.29, 1.82) is 5.26 Å². The summed E-state index contributed by atoms with van der Waals surface area (Å²) in [6, 6.07) is 6.97. The molecule has 0 saturated heterocycles. The molecule has 0 aromatic heterocycles. The molecule has 5 heteroatoms. The first kappa shape index (κ1) is 15.6. The van der Waals surface area contributed by atoms with Crippen molar-refractivity contribution in [2.45, 2.75) is 13.8 Å². The van der Waals surface area contributed by atoms with Gasteiger partial charge in [-0.3, -0.25) is 0 Å². The molecule has 0 aliphatic heterocycles. The summed E-state index contributed by atoms with van der Waals surface area (Å²) in [6.07, 6.45) is 2.87. The third-order valence-corrected chi connectivity index (χ3v) is 2.25. The van der Waals surface area contributed by atoms with Gasteiger partial charge >= 0.3 is 5.97 Å². The standard InChI is InChI=1S/C15H17NO4/c1-3-18-14-10-12(11-16)7-8-13(14)20-9-5-6-15(17)19-4-2/h5-8,10H,3-4,9H2,1-2H3/b6-5+. The normalized spacial score (nSPS) is 10.1. The lowest BCUT2D eigenvalue weighted by Crippen LogP contribution is -2.02. The van der Waals surface area contributed by atoms with Crippen molar-refractivity contribution in [2.75, 3.05) is 19.8 Å². The first-order chi connectivity index (χ1) is 9.71. The highest BCUT2D eigenvalue weighted by molar-refractivity contribution is 5.81. The molecule has 0 N–H and O–H groups in total. The first-order valence-corrected chi connectivity index (χ1v) is 6.34. The van der Waals surface area contributed by atoms with Crippen molar-refractivity contribution < 1.29 is 19.0 Å². The second-order valence-electron chi connectivity index (χ2n) is 3.67. The molecule has 0 spiro atoms. The minimum Gasteiger partial charge on any atom is -0.490 e. The highest BCUT2D eigenvalue weighted by Gasteiger charge is 2.05. The fourth-order valence-electron chi connectivity index (χ4n) is 1.44. The van der Waals surface area contributed by atoms with Gasteiger partial charge in [-0.1, -0.05) is 0 Å². The number of esters is 1. The minimum absolute atomic E-state index is 0.213. The van der Waals surface area contributed by atoms with E-state index in [0.29, 0.717) is 30.3 Å². The van der Waals surface area contributed by atoms with Crippen LogP contribution in [-0.2, 0) is 9.53 Å². The average molecular weight is 275 g/mol. The SMILES string of the molecule is CCOC(=O)/C=C/COc1ccc(C#N)cc1OCC. The molecular formula is C15H17NO4. The highest BCUT2D eigenvalue weighted by Crippen LogP contribution is 2.28. The molecule has 0 fully saturated rings. The lowest BCUT2D eigenvalue weighted by molar-refractivity contribution is -0.137. The van der Waals surface area contributed by atoms with Gasteiger partial charge in [0, 0.05) is 12.1 Å². The zero-order valence-corrected chi connectivity index (χ0v) is 11.6. The summed E-state index contributed by atoms with van der Waals surface area (Å²) in [7, 11) is 0. The van der Waals surface area contributed by atoms with Crippen LogP contribution in [0.3, 0.4) is 0 Å². The summed E-state index contributed by atoms with van der Waals surface area (Å²) >= 11 is 0. The predicted molar refractivity (Wildman–Crippen MR) is 73.6 cm³/mol. The third kappa shape index (κ3) is 5.02. The van der Waals surface area contributed by atoms with Crippen LogP contribution in [0, 0.1) is 11.3 Å². The van der Waals surface area contributed by atoms with Crippen molar-refractivity contribution >= 4 is 5.97 Å². The quantitative estimate of drug-likeness (QED) is 0.564. The first-order valence-electron chi connectivity index (χ1n) is 6.34. The maximum Gasteiger partial charge on any atom is 0.330 e. The molecule has 0 amide bonds. The van der Waals surface area contributed by atoms with Crippen LogP contribution in [0.15, 0.2) is 30.4 Å². The second-order valence-corrected chi connectivity index (χ2v) is 3.67. The Labute approximate surface area is 118 Å². The zero-order valence-electron chi connectivity index (χ0n) is 11.6. The molecule has 106 valence electrons. The Morgan fingerprint density at radius 1 is 1.25 bits per heavy atom. The van der Waals surface area contributed by atoms with Crippen LogP contribution in [0.2, 0.25) is 0 Å². The number of nitriles is 1. The summed E-state index contributed by atoms with van der Waals surface area (Å²) in [5, 5.41) is 8.84. The Bertz CT molecular complexity index is 517. The highest BCUT2D eigenvalue weighted by atomic mass is 16.5. The number of carbonyl (C=O) groups is 1. The molecular weight excluding hydrogens is 258 g/mol. The number of carbonyl (C=O) groups excluding carboxylic acids is 1. The van der Waals surface area contributed by atoms with Crippen molar-refractivity contribution in [3.05, 3.63) is 35.9 Å². The van der Waals surface area contributed by atoms with Gasteiger partial charge in [0.05, 0.1) is 24.8 Å². The van der Waals surface area contributed by atoms with E-state index in [-0.39, 0.29) is 6.61 Å². The number of benzene rings is 1. The molecule has 20 heavy (non-hydrogen) atoms. The summed E-state index contributed by atoms with van der Waals surface area (Å²) in [6.45, 7) is 4.62. The molecule has 1 rings (SSSR count). The van der Waals surface area contributed by atoms with Crippen LogP contribution in [0.1, 0.15) is 19.4 Å². The van der Waals surface area contributed by atoms with Gasteiger partial charge in [0.2, 0.25) is 0 Å². The number of hydrogen-bond acceptors (Lipinski definition) is 5.